The zero-order chi connectivity index (χ0) is 12.4. The molecular weight excluding hydrogens is 244 g/mol. The van der Waals surface area contributed by atoms with Crippen molar-refractivity contribution < 1.29 is 0 Å². The van der Waals surface area contributed by atoms with E-state index >= 15 is 0 Å². The SMILES string of the molecule is ClCc1ccnc(N2CCCc3ccccc32)c1. The molecule has 1 aliphatic rings. The summed E-state index contributed by atoms with van der Waals surface area (Å²) in [5.74, 6) is 1.53. The molecule has 0 fully saturated rings. The Hall–Kier alpha value is -1.54. The number of hydrogen-bond donors (Lipinski definition) is 0. The normalized spacial score (nSPS) is 14.4. The summed E-state index contributed by atoms with van der Waals surface area (Å²) < 4.78 is 0. The van der Waals surface area contributed by atoms with Crippen LogP contribution in [-0.4, -0.2) is 11.5 Å². The largest absolute Gasteiger partial charge is 0.326 e. The van der Waals surface area contributed by atoms with Crippen molar-refractivity contribution in [1.29, 1.82) is 0 Å². The summed E-state index contributed by atoms with van der Waals surface area (Å²) in [4.78, 5) is 6.76. The van der Waals surface area contributed by atoms with Crippen molar-refractivity contribution in [3.63, 3.8) is 0 Å². The molecule has 0 N–H and O–H groups in total. The van der Waals surface area contributed by atoms with Gasteiger partial charge < -0.3 is 4.90 Å². The number of pyridine rings is 1. The second-order valence-electron chi connectivity index (χ2n) is 4.54. The molecule has 0 amide bonds. The first kappa shape index (κ1) is 11.5. The van der Waals surface area contributed by atoms with Crippen LogP contribution in [0, 0.1) is 0 Å². The Labute approximate surface area is 112 Å². The fourth-order valence-corrected chi connectivity index (χ4v) is 2.63. The number of nitrogens with zero attached hydrogens (tertiary/aromatic N) is 2. The van der Waals surface area contributed by atoms with Gasteiger partial charge in [-0.3, -0.25) is 0 Å². The molecule has 2 nitrogen and oxygen atoms in total. The average molecular weight is 259 g/mol. The number of aryl methyl sites for hydroxylation is 1. The standard InChI is InChI=1S/C15H15ClN2/c16-11-12-7-8-17-15(10-12)18-9-3-5-13-4-1-2-6-14(13)18/h1-2,4,6-8,10H,3,5,9,11H2. The maximum absolute atomic E-state index is 5.89. The van der Waals surface area contributed by atoms with Gasteiger partial charge >= 0.3 is 0 Å². The number of aromatic nitrogens is 1. The minimum Gasteiger partial charge on any atom is -0.326 e. The lowest BCUT2D eigenvalue weighted by atomic mass is 10.0. The lowest BCUT2D eigenvalue weighted by Crippen LogP contribution is -2.25. The topological polar surface area (TPSA) is 16.1 Å². The lowest BCUT2D eigenvalue weighted by Gasteiger charge is -2.30. The Kier molecular flexibility index (Phi) is 3.20. The summed E-state index contributed by atoms with van der Waals surface area (Å²) in [6.07, 6.45) is 4.16. The Balaban J connectivity index is 2.02. The van der Waals surface area contributed by atoms with Gasteiger partial charge in [0.2, 0.25) is 0 Å². The summed E-state index contributed by atoms with van der Waals surface area (Å²) in [6.45, 7) is 1.02. The van der Waals surface area contributed by atoms with E-state index in [0.29, 0.717) is 5.88 Å². The van der Waals surface area contributed by atoms with Crippen LogP contribution in [-0.2, 0) is 12.3 Å². The van der Waals surface area contributed by atoms with Gasteiger partial charge in [-0.1, -0.05) is 18.2 Å². The Morgan fingerprint density at radius 2 is 2.11 bits per heavy atom. The number of para-hydroxylation sites is 1. The summed E-state index contributed by atoms with van der Waals surface area (Å²) in [5, 5.41) is 0. The molecule has 0 radical (unpaired) electrons. The van der Waals surface area contributed by atoms with Crippen LogP contribution in [0.2, 0.25) is 0 Å². The maximum Gasteiger partial charge on any atom is 0.133 e. The van der Waals surface area contributed by atoms with Gasteiger partial charge in [-0.15, -0.1) is 11.6 Å². The molecule has 18 heavy (non-hydrogen) atoms. The molecule has 2 aromatic rings. The van der Waals surface area contributed by atoms with Crippen molar-refractivity contribution in [1.82, 2.24) is 4.98 Å². The van der Waals surface area contributed by atoms with E-state index in [-0.39, 0.29) is 0 Å². The average Bonchev–Trinajstić information content (AvgIpc) is 2.47. The van der Waals surface area contributed by atoms with Gasteiger partial charge in [-0.05, 0) is 42.2 Å². The molecule has 0 spiro atoms. The predicted octanol–water partition coefficient (Wildman–Crippen LogP) is 3.90. The van der Waals surface area contributed by atoms with E-state index in [4.69, 9.17) is 11.6 Å². The molecule has 0 atom stereocenters. The summed E-state index contributed by atoms with van der Waals surface area (Å²) in [6, 6.07) is 12.6. The first-order valence-corrected chi connectivity index (χ1v) is 6.78. The van der Waals surface area contributed by atoms with Crippen LogP contribution in [0.4, 0.5) is 11.5 Å². The van der Waals surface area contributed by atoms with Crippen molar-refractivity contribution in [2.45, 2.75) is 18.7 Å². The lowest BCUT2D eigenvalue weighted by molar-refractivity contribution is 0.759. The number of benzene rings is 1. The molecule has 92 valence electrons. The molecule has 1 aromatic carbocycles. The van der Waals surface area contributed by atoms with Crippen LogP contribution < -0.4 is 4.90 Å². The van der Waals surface area contributed by atoms with E-state index in [2.05, 4.69) is 40.2 Å². The van der Waals surface area contributed by atoms with E-state index in [9.17, 15) is 0 Å². The number of alkyl halides is 1. The van der Waals surface area contributed by atoms with Gasteiger partial charge in [0.05, 0.1) is 0 Å². The highest BCUT2D eigenvalue weighted by molar-refractivity contribution is 6.17. The molecule has 0 bridgehead atoms. The smallest absolute Gasteiger partial charge is 0.133 e. The van der Waals surface area contributed by atoms with Crippen LogP contribution in [0.5, 0.6) is 0 Å². The van der Waals surface area contributed by atoms with Gasteiger partial charge in [0.25, 0.3) is 0 Å². The molecule has 0 unspecified atom stereocenters. The predicted molar refractivity (Wildman–Crippen MR) is 75.6 cm³/mol. The third-order valence-electron chi connectivity index (χ3n) is 3.35. The zero-order valence-electron chi connectivity index (χ0n) is 10.1. The second-order valence-corrected chi connectivity index (χ2v) is 4.81. The van der Waals surface area contributed by atoms with Crippen molar-refractivity contribution in [2.24, 2.45) is 0 Å². The Morgan fingerprint density at radius 3 is 3.00 bits per heavy atom. The van der Waals surface area contributed by atoms with Crippen molar-refractivity contribution >= 4 is 23.1 Å². The highest BCUT2D eigenvalue weighted by atomic mass is 35.5. The second kappa shape index (κ2) is 4.99. The van der Waals surface area contributed by atoms with Gasteiger partial charge in [-0.2, -0.15) is 0 Å². The maximum atomic E-state index is 5.89. The van der Waals surface area contributed by atoms with Crippen molar-refractivity contribution in [3.8, 4) is 0 Å². The molecule has 1 aromatic heterocycles. The molecule has 0 saturated carbocycles. The molecule has 3 rings (SSSR count). The van der Waals surface area contributed by atoms with Crippen LogP contribution in [0.15, 0.2) is 42.6 Å². The zero-order valence-corrected chi connectivity index (χ0v) is 10.9. The highest BCUT2D eigenvalue weighted by Gasteiger charge is 2.18. The Morgan fingerprint density at radius 1 is 1.22 bits per heavy atom. The monoisotopic (exact) mass is 258 g/mol. The third kappa shape index (κ3) is 2.08. The first-order chi connectivity index (χ1) is 8.88. The molecular formula is C15H15ClN2. The van der Waals surface area contributed by atoms with E-state index in [1.165, 1.54) is 17.7 Å². The summed E-state index contributed by atoms with van der Waals surface area (Å²) in [5.41, 5.74) is 3.80. The van der Waals surface area contributed by atoms with Gasteiger partial charge in [0.15, 0.2) is 0 Å². The highest BCUT2D eigenvalue weighted by Crippen LogP contribution is 2.32. The first-order valence-electron chi connectivity index (χ1n) is 6.25. The van der Waals surface area contributed by atoms with E-state index in [1.807, 2.05) is 12.3 Å². The van der Waals surface area contributed by atoms with E-state index in [1.54, 1.807) is 0 Å². The van der Waals surface area contributed by atoms with Gasteiger partial charge in [0, 0.05) is 24.3 Å². The minimum absolute atomic E-state index is 0.533. The number of rotatable bonds is 2. The number of anilines is 2. The number of hydrogen-bond acceptors (Lipinski definition) is 2. The fraction of sp³-hybridized carbons (Fsp3) is 0.267. The summed E-state index contributed by atoms with van der Waals surface area (Å²) in [7, 11) is 0. The van der Waals surface area contributed by atoms with Crippen molar-refractivity contribution in [3.05, 3.63) is 53.7 Å². The molecule has 2 heterocycles. The van der Waals surface area contributed by atoms with Crippen molar-refractivity contribution in [2.75, 3.05) is 11.4 Å². The molecule has 0 saturated heterocycles. The van der Waals surface area contributed by atoms with Gasteiger partial charge in [-0.25, -0.2) is 4.98 Å². The van der Waals surface area contributed by atoms with Crippen LogP contribution >= 0.6 is 11.6 Å². The van der Waals surface area contributed by atoms with E-state index < -0.39 is 0 Å². The molecule has 3 heteroatoms. The molecule has 0 aliphatic carbocycles. The van der Waals surface area contributed by atoms with Gasteiger partial charge in [0.1, 0.15) is 5.82 Å². The number of fused-ring (bicyclic) bond motifs is 1. The van der Waals surface area contributed by atoms with E-state index in [0.717, 1.165) is 24.3 Å². The fourth-order valence-electron chi connectivity index (χ4n) is 2.46. The molecule has 1 aliphatic heterocycles. The Bertz CT molecular complexity index is 554. The van der Waals surface area contributed by atoms with Crippen LogP contribution in [0.3, 0.4) is 0 Å². The van der Waals surface area contributed by atoms with Crippen LogP contribution in [0.1, 0.15) is 17.5 Å². The minimum atomic E-state index is 0.533. The van der Waals surface area contributed by atoms with Crippen LogP contribution in [0.25, 0.3) is 0 Å². The number of halogens is 1. The summed E-state index contributed by atoms with van der Waals surface area (Å²) >= 11 is 5.89. The third-order valence-corrected chi connectivity index (χ3v) is 3.66. The quantitative estimate of drug-likeness (QED) is 0.760.